The third-order valence-corrected chi connectivity index (χ3v) is 4.81. The molecule has 0 fully saturated rings. The maximum atomic E-state index is 13.4. The number of thiazole rings is 1. The molecule has 0 saturated heterocycles. The molecule has 0 atom stereocenters. The van der Waals surface area contributed by atoms with Gasteiger partial charge in [-0.15, -0.1) is 11.3 Å². The fourth-order valence-electron chi connectivity index (χ4n) is 2.43. The predicted molar refractivity (Wildman–Crippen MR) is 98.3 cm³/mol. The van der Waals surface area contributed by atoms with Gasteiger partial charge in [0, 0.05) is 5.56 Å². The van der Waals surface area contributed by atoms with E-state index < -0.39 is 28.6 Å². The summed E-state index contributed by atoms with van der Waals surface area (Å²) in [5.74, 6) is -1.73. The van der Waals surface area contributed by atoms with Crippen molar-refractivity contribution in [2.24, 2.45) is 0 Å². The minimum Gasteiger partial charge on any atom is -0.465 e. The second kappa shape index (κ2) is 7.81. The van der Waals surface area contributed by atoms with Crippen molar-refractivity contribution in [1.29, 1.82) is 0 Å². The molecule has 0 bridgehead atoms. The molecule has 0 aliphatic carbocycles. The zero-order valence-corrected chi connectivity index (χ0v) is 15.2. The number of carbonyl (C=O) groups excluding carboxylic acids is 2. The van der Waals surface area contributed by atoms with Crippen molar-refractivity contribution in [3.8, 4) is 10.6 Å². The summed E-state index contributed by atoms with van der Waals surface area (Å²) >= 11 is 0.628. The summed E-state index contributed by atoms with van der Waals surface area (Å²) in [5, 5.41) is 2.42. The van der Waals surface area contributed by atoms with E-state index in [0.717, 1.165) is 7.11 Å². The Balaban J connectivity index is 2.00. The molecule has 1 amide bonds. The number of amides is 1. The Morgan fingerprint density at radius 2 is 1.68 bits per heavy atom. The van der Waals surface area contributed by atoms with Gasteiger partial charge >= 0.3 is 12.1 Å². The Hall–Kier alpha value is -3.20. The van der Waals surface area contributed by atoms with Gasteiger partial charge in [0.1, 0.15) is 9.88 Å². The number of esters is 1. The summed E-state index contributed by atoms with van der Waals surface area (Å²) in [6.07, 6.45) is -4.81. The van der Waals surface area contributed by atoms with Gasteiger partial charge in [0.25, 0.3) is 5.91 Å². The van der Waals surface area contributed by atoms with E-state index in [2.05, 4.69) is 15.0 Å². The SMILES string of the molecule is COC(=O)c1ccccc1NC(=O)c1sc(-c2ccccc2)nc1C(F)(F)F. The van der Waals surface area contributed by atoms with Crippen LogP contribution in [0.1, 0.15) is 25.7 Å². The lowest BCUT2D eigenvalue weighted by Crippen LogP contribution is -2.18. The Bertz CT molecular complexity index is 1020. The van der Waals surface area contributed by atoms with E-state index in [9.17, 15) is 22.8 Å². The van der Waals surface area contributed by atoms with Crippen LogP contribution in [0.3, 0.4) is 0 Å². The molecule has 3 aromatic rings. The number of nitrogens with one attached hydrogen (secondary N) is 1. The van der Waals surface area contributed by atoms with E-state index in [1.54, 1.807) is 36.4 Å². The van der Waals surface area contributed by atoms with Gasteiger partial charge in [0.15, 0.2) is 5.69 Å². The summed E-state index contributed by atoms with van der Waals surface area (Å²) in [6.45, 7) is 0. The van der Waals surface area contributed by atoms with E-state index in [1.165, 1.54) is 18.2 Å². The van der Waals surface area contributed by atoms with E-state index in [0.29, 0.717) is 16.9 Å². The lowest BCUT2D eigenvalue weighted by atomic mass is 10.1. The third kappa shape index (κ3) is 4.04. The molecule has 1 N–H and O–H groups in total. The van der Waals surface area contributed by atoms with Gasteiger partial charge in [-0.05, 0) is 12.1 Å². The number of halogens is 3. The number of benzene rings is 2. The predicted octanol–water partition coefficient (Wildman–Crippen LogP) is 4.87. The minimum atomic E-state index is -4.81. The van der Waals surface area contributed by atoms with Crippen molar-refractivity contribution in [1.82, 2.24) is 4.98 Å². The first-order valence-electron chi connectivity index (χ1n) is 7.93. The highest BCUT2D eigenvalue weighted by Gasteiger charge is 2.40. The van der Waals surface area contributed by atoms with Gasteiger partial charge in [0.05, 0.1) is 18.4 Å². The topological polar surface area (TPSA) is 68.3 Å². The maximum absolute atomic E-state index is 13.4. The van der Waals surface area contributed by atoms with E-state index in [-0.39, 0.29) is 16.3 Å². The number of rotatable bonds is 4. The molecule has 0 aliphatic heterocycles. The molecule has 0 unspecified atom stereocenters. The lowest BCUT2D eigenvalue weighted by molar-refractivity contribution is -0.141. The second-order valence-corrected chi connectivity index (χ2v) is 6.55. The number of nitrogens with zero attached hydrogens (tertiary/aromatic N) is 1. The number of carbonyl (C=O) groups is 2. The van der Waals surface area contributed by atoms with Crippen LogP contribution in [0.25, 0.3) is 10.6 Å². The van der Waals surface area contributed by atoms with Crippen LogP contribution in [0.15, 0.2) is 54.6 Å². The number of aromatic nitrogens is 1. The average molecular weight is 406 g/mol. The molecular formula is C19H13F3N2O3S. The van der Waals surface area contributed by atoms with E-state index in [4.69, 9.17) is 0 Å². The van der Waals surface area contributed by atoms with Crippen LogP contribution in [-0.2, 0) is 10.9 Å². The first kappa shape index (κ1) is 19.6. The van der Waals surface area contributed by atoms with Crippen molar-refractivity contribution in [2.75, 3.05) is 12.4 Å². The van der Waals surface area contributed by atoms with Crippen LogP contribution in [0.4, 0.5) is 18.9 Å². The molecule has 2 aromatic carbocycles. The highest BCUT2D eigenvalue weighted by atomic mass is 32.1. The summed E-state index contributed by atoms with van der Waals surface area (Å²) < 4.78 is 44.9. The van der Waals surface area contributed by atoms with Gasteiger partial charge in [0.2, 0.25) is 0 Å². The summed E-state index contributed by atoms with van der Waals surface area (Å²) in [5.41, 5.74) is -0.738. The number of anilines is 1. The number of hydrogen-bond donors (Lipinski definition) is 1. The smallest absolute Gasteiger partial charge is 0.435 e. The molecule has 0 radical (unpaired) electrons. The largest absolute Gasteiger partial charge is 0.465 e. The highest BCUT2D eigenvalue weighted by Crippen LogP contribution is 2.38. The maximum Gasteiger partial charge on any atom is 0.435 e. The van der Waals surface area contributed by atoms with Crippen molar-refractivity contribution in [3.05, 3.63) is 70.7 Å². The van der Waals surface area contributed by atoms with Gasteiger partial charge < -0.3 is 10.1 Å². The van der Waals surface area contributed by atoms with Gasteiger partial charge in [-0.25, -0.2) is 9.78 Å². The number of alkyl halides is 3. The van der Waals surface area contributed by atoms with E-state index >= 15 is 0 Å². The molecule has 144 valence electrons. The number of methoxy groups -OCH3 is 1. The first-order valence-corrected chi connectivity index (χ1v) is 8.75. The Kier molecular flexibility index (Phi) is 5.46. The summed E-state index contributed by atoms with van der Waals surface area (Å²) in [6, 6.07) is 14.1. The molecule has 5 nitrogen and oxygen atoms in total. The summed E-state index contributed by atoms with van der Waals surface area (Å²) in [7, 11) is 1.16. The molecule has 28 heavy (non-hydrogen) atoms. The number of ether oxygens (including phenoxy) is 1. The normalized spacial score (nSPS) is 11.1. The average Bonchev–Trinajstić information content (AvgIpc) is 3.15. The van der Waals surface area contributed by atoms with Crippen LogP contribution in [0.5, 0.6) is 0 Å². The van der Waals surface area contributed by atoms with Gasteiger partial charge in [-0.3, -0.25) is 4.79 Å². The Labute approximate surface area is 161 Å². The fourth-order valence-corrected chi connectivity index (χ4v) is 3.42. The molecular weight excluding hydrogens is 393 g/mol. The quantitative estimate of drug-likeness (QED) is 0.628. The van der Waals surface area contributed by atoms with Crippen molar-refractivity contribution >= 4 is 28.9 Å². The zero-order valence-electron chi connectivity index (χ0n) is 14.4. The third-order valence-electron chi connectivity index (χ3n) is 3.70. The van der Waals surface area contributed by atoms with Crippen molar-refractivity contribution in [2.45, 2.75) is 6.18 Å². The Morgan fingerprint density at radius 3 is 2.32 bits per heavy atom. The molecule has 3 rings (SSSR count). The standard InChI is InChI=1S/C19H13F3N2O3S/c1-27-18(26)12-9-5-6-10-13(12)23-16(25)14-15(19(20,21)22)24-17(28-14)11-7-3-2-4-8-11/h2-10H,1H3,(H,23,25). The van der Waals surface area contributed by atoms with Crippen LogP contribution in [0, 0.1) is 0 Å². The second-order valence-electron chi connectivity index (χ2n) is 5.55. The number of para-hydroxylation sites is 1. The first-order chi connectivity index (χ1) is 13.3. The fraction of sp³-hybridized carbons (Fsp3) is 0.105. The molecule has 1 heterocycles. The molecule has 9 heteroatoms. The highest BCUT2D eigenvalue weighted by molar-refractivity contribution is 7.17. The summed E-state index contributed by atoms with van der Waals surface area (Å²) in [4.78, 5) is 27.4. The van der Waals surface area contributed by atoms with Crippen molar-refractivity contribution < 1.29 is 27.5 Å². The molecule has 1 aromatic heterocycles. The zero-order chi connectivity index (χ0) is 20.3. The van der Waals surface area contributed by atoms with Crippen LogP contribution < -0.4 is 5.32 Å². The molecule has 0 aliphatic rings. The van der Waals surface area contributed by atoms with Crippen molar-refractivity contribution in [3.63, 3.8) is 0 Å². The lowest BCUT2D eigenvalue weighted by Gasteiger charge is -2.10. The van der Waals surface area contributed by atoms with Gasteiger partial charge in [-0.1, -0.05) is 42.5 Å². The van der Waals surface area contributed by atoms with Gasteiger partial charge in [-0.2, -0.15) is 13.2 Å². The van der Waals surface area contributed by atoms with Crippen LogP contribution in [0.2, 0.25) is 0 Å². The number of hydrogen-bond acceptors (Lipinski definition) is 5. The van der Waals surface area contributed by atoms with E-state index in [1.807, 2.05) is 0 Å². The Morgan fingerprint density at radius 1 is 1.04 bits per heavy atom. The molecule has 0 saturated carbocycles. The minimum absolute atomic E-state index is 0.0275. The van der Waals surface area contributed by atoms with Crippen LogP contribution >= 0.6 is 11.3 Å². The monoisotopic (exact) mass is 406 g/mol. The molecule has 0 spiro atoms. The van der Waals surface area contributed by atoms with Crippen LogP contribution in [-0.4, -0.2) is 24.0 Å².